The number of rotatable bonds is 1. The molecule has 0 aromatic heterocycles. The molecule has 1 aromatic carbocycles. The number of hydrogen-bond acceptors (Lipinski definition) is 1. The first-order valence-corrected chi connectivity index (χ1v) is 6.45. The first kappa shape index (κ1) is 12.6. The Morgan fingerprint density at radius 1 is 1.18 bits per heavy atom. The van der Waals surface area contributed by atoms with E-state index >= 15 is 4.39 Å². The van der Waals surface area contributed by atoms with E-state index in [4.69, 9.17) is 5.73 Å². The first-order chi connectivity index (χ1) is 7.92. The Kier molecular flexibility index (Phi) is 3.26. The summed E-state index contributed by atoms with van der Waals surface area (Å²) in [5, 5.41) is 0. The van der Waals surface area contributed by atoms with Gasteiger partial charge in [-0.15, -0.1) is 0 Å². The molecule has 0 amide bonds. The van der Waals surface area contributed by atoms with Crippen LogP contribution in [0.3, 0.4) is 0 Å². The van der Waals surface area contributed by atoms with Crippen LogP contribution in [-0.2, 0) is 5.67 Å². The molecule has 1 aliphatic carbocycles. The van der Waals surface area contributed by atoms with Crippen molar-refractivity contribution >= 4 is 0 Å². The Labute approximate surface area is 103 Å². The molecule has 0 aliphatic heterocycles. The number of benzene rings is 1. The lowest BCUT2D eigenvalue weighted by Gasteiger charge is -2.34. The fourth-order valence-electron chi connectivity index (χ4n) is 2.95. The van der Waals surface area contributed by atoms with Crippen LogP contribution in [0.2, 0.25) is 0 Å². The highest BCUT2D eigenvalue weighted by atomic mass is 19.1. The van der Waals surface area contributed by atoms with Gasteiger partial charge in [0.05, 0.1) is 0 Å². The van der Waals surface area contributed by atoms with Gasteiger partial charge in [0.1, 0.15) is 5.67 Å². The van der Waals surface area contributed by atoms with Gasteiger partial charge in [0.2, 0.25) is 0 Å². The van der Waals surface area contributed by atoms with Crippen LogP contribution in [0.1, 0.15) is 47.9 Å². The summed E-state index contributed by atoms with van der Waals surface area (Å²) in [4.78, 5) is 0. The molecule has 2 unspecified atom stereocenters. The van der Waals surface area contributed by atoms with Crippen LogP contribution in [0.5, 0.6) is 0 Å². The Hall–Kier alpha value is -0.890. The minimum Gasteiger partial charge on any atom is -0.328 e. The fourth-order valence-corrected chi connectivity index (χ4v) is 2.95. The lowest BCUT2D eigenvalue weighted by Crippen LogP contribution is -2.36. The zero-order chi connectivity index (χ0) is 12.6. The largest absolute Gasteiger partial charge is 0.328 e. The Morgan fingerprint density at radius 3 is 2.47 bits per heavy atom. The predicted octanol–water partition coefficient (Wildman–Crippen LogP) is 3.68. The van der Waals surface area contributed by atoms with E-state index < -0.39 is 5.67 Å². The van der Waals surface area contributed by atoms with Crippen molar-refractivity contribution < 1.29 is 4.39 Å². The van der Waals surface area contributed by atoms with Crippen LogP contribution in [0.4, 0.5) is 4.39 Å². The Morgan fingerprint density at radius 2 is 1.82 bits per heavy atom. The summed E-state index contributed by atoms with van der Waals surface area (Å²) in [6.07, 6.45) is 2.93. The summed E-state index contributed by atoms with van der Waals surface area (Å²) in [7, 11) is 0. The van der Waals surface area contributed by atoms with E-state index in [9.17, 15) is 0 Å². The smallest absolute Gasteiger partial charge is 0.137 e. The third-order valence-electron chi connectivity index (χ3n) is 4.06. The molecule has 2 heteroatoms. The average Bonchev–Trinajstić information content (AvgIpc) is 2.23. The van der Waals surface area contributed by atoms with Crippen LogP contribution >= 0.6 is 0 Å². The third-order valence-corrected chi connectivity index (χ3v) is 4.06. The zero-order valence-electron chi connectivity index (χ0n) is 11.0. The van der Waals surface area contributed by atoms with Gasteiger partial charge in [-0.25, -0.2) is 4.39 Å². The van der Waals surface area contributed by atoms with Gasteiger partial charge in [-0.1, -0.05) is 12.1 Å². The fraction of sp³-hybridized carbons (Fsp3) is 0.600. The summed E-state index contributed by atoms with van der Waals surface area (Å²) >= 11 is 0. The van der Waals surface area contributed by atoms with Gasteiger partial charge in [-0.3, -0.25) is 0 Å². The van der Waals surface area contributed by atoms with Crippen molar-refractivity contribution in [2.24, 2.45) is 5.73 Å². The molecular weight excluding hydrogens is 213 g/mol. The monoisotopic (exact) mass is 235 g/mol. The van der Waals surface area contributed by atoms with E-state index in [-0.39, 0.29) is 6.04 Å². The molecule has 2 N–H and O–H groups in total. The second-order valence-electron chi connectivity index (χ2n) is 5.57. The number of aryl methyl sites for hydroxylation is 3. The molecule has 0 saturated heterocycles. The minimum absolute atomic E-state index is 0.00904. The summed E-state index contributed by atoms with van der Waals surface area (Å²) in [6.45, 7) is 6.12. The Balaban J connectivity index is 2.41. The highest BCUT2D eigenvalue weighted by Gasteiger charge is 2.38. The molecule has 1 fully saturated rings. The number of hydrogen-bond donors (Lipinski definition) is 1. The van der Waals surface area contributed by atoms with E-state index in [2.05, 4.69) is 13.0 Å². The van der Waals surface area contributed by atoms with Crippen LogP contribution in [0, 0.1) is 20.8 Å². The highest BCUT2D eigenvalue weighted by molar-refractivity contribution is 5.40. The lowest BCUT2D eigenvalue weighted by molar-refractivity contribution is 0.0940. The lowest BCUT2D eigenvalue weighted by atomic mass is 9.77. The summed E-state index contributed by atoms with van der Waals surface area (Å²) in [5.41, 5.74) is 9.03. The SMILES string of the molecule is Cc1cc(C)c(C2(F)CCCC(N)C2)cc1C. The van der Waals surface area contributed by atoms with Crippen molar-refractivity contribution in [1.82, 2.24) is 0 Å². The van der Waals surface area contributed by atoms with Crippen molar-refractivity contribution in [3.05, 3.63) is 34.4 Å². The van der Waals surface area contributed by atoms with E-state index in [1.54, 1.807) is 0 Å². The summed E-state index contributed by atoms with van der Waals surface area (Å²) < 4.78 is 15.0. The van der Waals surface area contributed by atoms with E-state index in [0.29, 0.717) is 12.8 Å². The molecule has 2 rings (SSSR count). The molecule has 1 aromatic rings. The molecule has 1 aliphatic rings. The molecule has 0 bridgehead atoms. The minimum atomic E-state index is -1.21. The van der Waals surface area contributed by atoms with Gasteiger partial charge in [0.25, 0.3) is 0 Å². The molecule has 0 heterocycles. The molecule has 2 atom stereocenters. The van der Waals surface area contributed by atoms with Crippen LogP contribution in [0.25, 0.3) is 0 Å². The molecule has 0 radical (unpaired) electrons. The average molecular weight is 235 g/mol. The maximum atomic E-state index is 15.0. The second-order valence-corrected chi connectivity index (χ2v) is 5.57. The van der Waals surface area contributed by atoms with E-state index in [1.165, 1.54) is 11.1 Å². The van der Waals surface area contributed by atoms with Gasteiger partial charge < -0.3 is 5.73 Å². The molecule has 1 nitrogen and oxygen atoms in total. The maximum Gasteiger partial charge on any atom is 0.137 e. The van der Waals surface area contributed by atoms with Crippen LogP contribution in [-0.4, -0.2) is 6.04 Å². The van der Waals surface area contributed by atoms with Crippen molar-refractivity contribution in [3.8, 4) is 0 Å². The van der Waals surface area contributed by atoms with Crippen LogP contribution < -0.4 is 5.73 Å². The van der Waals surface area contributed by atoms with Crippen molar-refractivity contribution in [2.75, 3.05) is 0 Å². The zero-order valence-corrected chi connectivity index (χ0v) is 11.0. The molecule has 0 spiro atoms. The molecular formula is C15H22FN. The van der Waals surface area contributed by atoms with Crippen LogP contribution in [0.15, 0.2) is 12.1 Å². The first-order valence-electron chi connectivity index (χ1n) is 6.45. The molecule has 1 saturated carbocycles. The quantitative estimate of drug-likeness (QED) is 0.789. The molecule has 17 heavy (non-hydrogen) atoms. The summed E-state index contributed by atoms with van der Waals surface area (Å²) in [6, 6.07) is 4.12. The number of nitrogens with two attached hydrogens (primary N) is 1. The van der Waals surface area contributed by atoms with E-state index in [1.807, 2.05) is 19.9 Å². The summed E-state index contributed by atoms with van der Waals surface area (Å²) in [5.74, 6) is 0. The maximum absolute atomic E-state index is 15.0. The normalized spacial score (nSPS) is 29.4. The van der Waals surface area contributed by atoms with Gasteiger partial charge in [0, 0.05) is 12.5 Å². The topological polar surface area (TPSA) is 26.0 Å². The van der Waals surface area contributed by atoms with Gasteiger partial charge >= 0.3 is 0 Å². The van der Waals surface area contributed by atoms with Gasteiger partial charge in [-0.2, -0.15) is 0 Å². The number of alkyl halides is 1. The second kappa shape index (κ2) is 4.41. The Bertz CT molecular complexity index is 427. The van der Waals surface area contributed by atoms with Gasteiger partial charge in [0.15, 0.2) is 0 Å². The van der Waals surface area contributed by atoms with Crippen molar-refractivity contribution in [1.29, 1.82) is 0 Å². The van der Waals surface area contributed by atoms with Crippen molar-refractivity contribution in [2.45, 2.75) is 58.2 Å². The standard InChI is InChI=1S/C15H22FN/c1-10-7-12(3)14(8-11(10)2)15(16)6-4-5-13(17)9-15/h7-8,13H,4-6,9,17H2,1-3H3. The van der Waals surface area contributed by atoms with Crippen molar-refractivity contribution in [3.63, 3.8) is 0 Å². The van der Waals surface area contributed by atoms with Gasteiger partial charge in [-0.05, 0) is 62.3 Å². The predicted molar refractivity (Wildman–Crippen MR) is 69.9 cm³/mol. The molecule has 94 valence electrons. The van der Waals surface area contributed by atoms with E-state index in [0.717, 1.165) is 24.0 Å². The highest BCUT2D eigenvalue weighted by Crippen LogP contribution is 2.42. The number of halogens is 1. The third kappa shape index (κ3) is 2.37.